The van der Waals surface area contributed by atoms with Crippen LogP contribution in [0.3, 0.4) is 0 Å². The molecule has 0 fully saturated rings. The number of rotatable bonds is 2. The Balaban J connectivity index is 0.000000200. The van der Waals surface area contributed by atoms with E-state index in [1.165, 1.54) is 11.1 Å². The van der Waals surface area contributed by atoms with Crippen LogP contribution < -0.4 is 0 Å². The molecular formula is C28H30Ni. The van der Waals surface area contributed by atoms with Gasteiger partial charge in [-0.3, -0.25) is 12.2 Å². The predicted octanol–water partition coefficient (Wildman–Crippen LogP) is 7.74. The number of hydrogen-bond donors (Lipinski definition) is 0. The molecule has 2 atom stereocenters. The first-order chi connectivity index (χ1) is 13.9. The second-order valence-corrected chi connectivity index (χ2v) is 7.27. The maximum Gasteiger partial charge on any atom is 2.00 e. The van der Waals surface area contributed by atoms with E-state index in [4.69, 9.17) is 0 Å². The summed E-state index contributed by atoms with van der Waals surface area (Å²) in [5, 5.41) is 0. The van der Waals surface area contributed by atoms with Gasteiger partial charge in [0.25, 0.3) is 0 Å². The quantitative estimate of drug-likeness (QED) is 0.262. The number of allylic oxidation sites excluding steroid dienone is 8. The Kier molecular flexibility index (Phi) is 11.2. The first-order valence-corrected chi connectivity index (χ1v) is 10.5. The molecule has 2 aliphatic carbocycles. The van der Waals surface area contributed by atoms with E-state index < -0.39 is 0 Å². The molecule has 0 saturated carbocycles. The van der Waals surface area contributed by atoms with E-state index in [0.717, 1.165) is 38.5 Å². The molecule has 0 nitrogen and oxygen atoms in total. The second kappa shape index (κ2) is 14.0. The summed E-state index contributed by atoms with van der Waals surface area (Å²) in [4.78, 5) is 0. The molecule has 0 bridgehead atoms. The molecule has 0 amide bonds. The van der Waals surface area contributed by atoms with Gasteiger partial charge in [-0.05, 0) is 35.8 Å². The van der Waals surface area contributed by atoms with Crippen LogP contribution in [0.25, 0.3) is 0 Å². The minimum absolute atomic E-state index is 0. The number of benzene rings is 2. The van der Waals surface area contributed by atoms with Gasteiger partial charge in [-0.1, -0.05) is 97.8 Å². The molecule has 0 aromatic heterocycles. The molecular weight excluding hydrogens is 395 g/mol. The predicted molar refractivity (Wildman–Crippen MR) is 120 cm³/mol. The van der Waals surface area contributed by atoms with Crippen LogP contribution in [0.4, 0.5) is 0 Å². The summed E-state index contributed by atoms with van der Waals surface area (Å²) >= 11 is 0. The summed E-state index contributed by atoms with van der Waals surface area (Å²) in [5.41, 5.74) is 2.79. The average Bonchev–Trinajstić information content (AvgIpc) is 2.69. The molecule has 0 heterocycles. The van der Waals surface area contributed by atoms with Crippen LogP contribution in [-0.4, -0.2) is 0 Å². The fourth-order valence-corrected chi connectivity index (χ4v) is 3.51. The summed E-state index contributed by atoms with van der Waals surface area (Å²) in [6.45, 7) is 0. The van der Waals surface area contributed by atoms with Crippen molar-refractivity contribution in [3.63, 3.8) is 0 Å². The van der Waals surface area contributed by atoms with Gasteiger partial charge in [0, 0.05) is 0 Å². The van der Waals surface area contributed by atoms with Gasteiger partial charge in [0.1, 0.15) is 0 Å². The normalized spacial score (nSPS) is 20.8. The van der Waals surface area contributed by atoms with Crippen LogP contribution in [0.5, 0.6) is 0 Å². The van der Waals surface area contributed by atoms with E-state index in [1.807, 2.05) is 0 Å². The molecule has 0 spiro atoms. The third kappa shape index (κ3) is 8.42. The molecule has 0 radical (unpaired) electrons. The molecule has 2 aromatic carbocycles. The molecule has 0 saturated heterocycles. The number of hydrogen-bond acceptors (Lipinski definition) is 0. The van der Waals surface area contributed by atoms with E-state index in [9.17, 15) is 0 Å². The molecule has 0 aliphatic heterocycles. The summed E-state index contributed by atoms with van der Waals surface area (Å²) in [6.07, 6.45) is 26.9. The molecule has 2 unspecified atom stereocenters. The zero-order valence-electron chi connectivity index (χ0n) is 17.0. The zero-order chi connectivity index (χ0) is 19.3. The van der Waals surface area contributed by atoms with Crippen LogP contribution in [0.2, 0.25) is 0 Å². The standard InChI is InChI=1S/2C14H15.Ni/c2*1-2-5-9-13(10-6-3-1)14-11-7-4-8-12-14;/h2*2,4-5,7-8,10-13H,1,3,9H2;/q2*-1;+2. The SMILES string of the molecule is [C-]1=CC(c2ccccc2)CC=CCC1.[C-]1=CC(c2ccccc2)CC=CCC1.[Ni+2]. The van der Waals surface area contributed by atoms with E-state index >= 15 is 0 Å². The Morgan fingerprint density at radius 1 is 0.552 bits per heavy atom. The Morgan fingerprint density at radius 3 is 1.38 bits per heavy atom. The van der Waals surface area contributed by atoms with Gasteiger partial charge in [-0.25, -0.2) is 0 Å². The van der Waals surface area contributed by atoms with E-state index in [-0.39, 0.29) is 16.5 Å². The maximum atomic E-state index is 3.36. The molecule has 2 aromatic rings. The molecule has 0 N–H and O–H groups in total. The van der Waals surface area contributed by atoms with Crippen molar-refractivity contribution in [1.29, 1.82) is 0 Å². The molecule has 29 heavy (non-hydrogen) atoms. The first kappa shape index (κ1) is 23.2. The smallest absolute Gasteiger partial charge is 0.500 e. The monoisotopic (exact) mass is 424 g/mol. The van der Waals surface area contributed by atoms with E-state index in [0.29, 0.717) is 11.8 Å². The van der Waals surface area contributed by atoms with Crippen LogP contribution in [0, 0.1) is 12.2 Å². The average molecular weight is 425 g/mol. The maximum absolute atomic E-state index is 3.36. The molecule has 152 valence electrons. The van der Waals surface area contributed by atoms with Crippen molar-refractivity contribution in [3.05, 3.63) is 120 Å². The van der Waals surface area contributed by atoms with Crippen molar-refractivity contribution in [3.8, 4) is 0 Å². The van der Waals surface area contributed by atoms with Gasteiger partial charge in [-0.15, -0.1) is 0 Å². The van der Waals surface area contributed by atoms with E-state index in [1.54, 1.807) is 0 Å². The Labute approximate surface area is 187 Å². The van der Waals surface area contributed by atoms with Crippen molar-refractivity contribution >= 4 is 0 Å². The second-order valence-electron chi connectivity index (χ2n) is 7.27. The molecule has 4 rings (SSSR count). The van der Waals surface area contributed by atoms with Gasteiger partial charge in [-0.2, -0.15) is 12.8 Å². The van der Waals surface area contributed by atoms with Gasteiger partial charge in [0.05, 0.1) is 0 Å². The summed E-state index contributed by atoms with van der Waals surface area (Å²) in [7, 11) is 0. The minimum atomic E-state index is 0. The van der Waals surface area contributed by atoms with Crippen LogP contribution in [0.1, 0.15) is 61.5 Å². The van der Waals surface area contributed by atoms with Crippen LogP contribution in [-0.2, 0) is 16.5 Å². The summed E-state index contributed by atoms with van der Waals surface area (Å²) in [5.74, 6) is 1.04. The van der Waals surface area contributed by atoms with Crippen molar-refractivity contribution in [2.24, 2.45) is 0 Å². The van der Waals surface area contributed by atoms with Crippen LogP contribution >= 0.6 is 0 Å². The Hall–Kier alpha value is -2.11. The van der Waals surface area contributed by atoms with Crippen LogP contribution in [0.15, 0.2) is 97.1 Å². The minimum Gasteiger partial charge on any atom is -0.500 e. The van der Waals surface area contributed by atoms with E-state index in [2.05, 4.69) is 109 Å². The van der Waals surface area contributed by atoms with Gasteiger partial charge in [0.15, 0.2) is 0 Å². The fraction of sp³-hybridized carbons (Fsp3) is 0.286. The summed E-state index contributed by atoms with van der Waals surface area (Å²) < 4.78 is 0. The van der Waals surface area contributed by atoms with Crippen molar-refractivity contribution in [2.45, 2.75) is 50.4 Å². The first-order valence-electron chi connectivity index (χ1n) is 10.5. The van der Waals surface area contributed by atoms with Gasteiger partial charge in [0.2, 0.25) is 0 Å². The Morgan fingerprint density at radius 2 is 0.966 bits per heavy atom. The fourth-order valence-electron chi connectivity index (χ4n) is 3.51. The van der Waals surface area contributed by atoms with Crippen molar-refractivity contribution in [1.82, 2.24) is 0 Å². The third-order valence-corrected chi connectivity index (χ3v) is 5.12. The third-order valence-electron chi connectivity index (χ3n) is 5.12. The van der Waals surface area contributed by atoms with Gasteiger partial charge < -0.3 is 12.2 Å². The molecule has 1 heteroatoms. The van der Waals surface area contributed by atoms with Gasteiger partial charge >= 0.3 is 16.5 Å². The topological polar surface area (TPSA) is 0 Å². The zero-order valence-corrected chi connectivity index (χ0v) is 17.9. The van der Waals surface area contributed by atoms with Crippen molar-refractivity contribution < 1.29 is 16.5 Å². The largest absolute Gasteiger partial charge is 2.00 e. The summed E-state index contributed by atoms with van der Waals surface area (Å²) in [6, 6.07) is 21.3. The molecule has 2 aliphatic rings. The van der Waals surface area contributed by atoms with Crippen molar-refractivity contribution in [2.75, 3.05) is 0 Å². The Bertz CT molecular complexity index is 714.